The number of carbonyl (C=O) groups excluding carboxylic acids is 1. The summed E-state index contributed by atoms with van der Waals surface area (Å²) in [6.45, 7) is 12.3. The van der Waals surface area contributed by atoms with E-state index < -0.39 is 0 Å². The van der Waals surface area contributed by atoms with Crippen molar-refractivity contribution in [1.29, 1.82) is 0 Å². The van der Waals surface area contributed by atoms with Crippen molar-refractivity contribution in [1.82, 2.24) is 30.4 Å². The monoisotopic (exact) mass is 825 g/mol. The molecule has 2 aromatic carbocycles. The van der Waals surface area contributed by atoms with Crippen LogP contribution in [-0.4, -0.2) is 112 Å². The number of anilines is 1. The van der Waals surface area contributed by atoms with Crippen LogP contribution in [0.15, 0.2) is 60.8 Å². The summed E-state index contributed by atoms with van der Waals surface area (Å²) >= 11 is 20.5. The molecule has 0 atom stereocenters. The van der Waals surface area contributed by atoms with Crippen LogP contribution in [0.2, 0.25) is 15.1 Å². The molecule has 4 aromatic rings. The largest absolute Gasteiger partial charge is 0.486 e. The Bertz CT molecular complexity index is 1880. The highest BCUT2D eigenvalue weighted by atomic mass is 35.5. The maximum atomic E-state index is 13.2. The van der Waals surface area contributed by atoms with E-state index in [1.807, 2.05) is 30.3 Å². The van der Waals surface area contributed by atoms with Crippen molar-refractivity contribution < 1.29 is 23.7 Å². The average Bonchev–Trinajstić information content (AvgIpc) is 3.22. The number of nitrogens with one attached hydrogen (secondary N) is 3. The number of morpholine rings is 2. The van der Waals surface area contributed by atoms with Gasteiger partial charge in [0.25, 0.3) is 5.91 Å². The second kappa shape index (κ2) is 21.8. The van der Waals surface area contributed by atoms with E-state index in [1.54, 1.807) is 37.6 Å². The van der Waals surface area contributed by atoms with E-state index in [0.717, 1.165) is 103 Å². The summed E-state index contributed by atoms with van der Waals surface area (Å²) in [5.74, 6) is 0.532. The van der Waals surface area contributed by atoms with Crippen LogP contribution < -0.4 is 25.4 Å². The minimum absolute atomic E-state index is 0.0617. The number of hydrogen-bond donors (Lipinski definition) is 3. The van der Waals surface area contributed by atoms with Gasteiger partial charge in [0.1, 0.15) is 23.7 Å². The van der Waals surface area contributed by atoms with Crippen LogP contribution in [0.25, 0.3) is 11.1 Å². The lowest BCUT2D eigenvalue weighted by Crippen LogP contribution is -2.37. The Morgan fingerprint density at radius 3 is 2.11 bits per heavy atom. The molecule has 15 heteroatoms. The lowest BCUT2D eigenvalue weighted by atomic mass is 10.0. The molecule has 2 aromatic heterocycles. The zero-order valence-electron chi connectivity index (χ0n) is 31.8. The zero-order valence-corrected chi connectivity index (χ0v) is 34.0. The Morgan fingerprint density at radius 2 is 1.46 bits per heavy atom. The van der Waals surface area contributed by atoms with Gasteiger partial charge in [-0.15, -0.1) is 0 Å². The van der Waals surface area contributed by atoms with Crippen LogP contribution in [0.1, 0.15) is 40.2 Å². The first-order valence-corrected chi connectivity index (χ1v) is 20.2. The van der Waals surface area contributed by atoms with E-state index in [4.69, 9.17) is 53.8 Å². The number of benzene rings is 2. The molecule has 2 aliphatic heterocycles. The molecule has 6 rings (SSSR count). The van der Waals surface area contributed by atoms with Crippen LogP contribution in [0, 0.1) is 0 Å². The third-order valence-electron chi connectivity index (χ3n) is 9.71. The average molecular weight is 827 g/mol. The molecule has 3 N–H and O–H groups in total. The molecular weight excluding hydrogens is 777 g/mol. The van der Waals surface area contributed by atoms with Crippen LogP contribution in [-0.2, 0) is 29.2 Å². The van der Waals surface area contributed by atoms with Crippen molar-refractivity contribution in [2.45, 2.75) is 32.5 Å². The van der Waals surface area contributed by atoms with Crippen molar-refractivity contribution >= 4 is 46.4 Å². The minimum atomic E-state index is -0.373. The SMILES string of the molecule is COc1nc(COc2cccc(-c3cccc(NC(=O)c4ccc(CNCCCN5CCOCC5)cn4)c3Cl)c2Cl)c(Cl)cc1CNCCCN1CCOCC1. The zero-order chi connectivity index (χ0) is 39.1. The number of nitrogens with zero attached hydrogens (tertiary/aromatic N) is 4. The second-order valence-electron chi connectivity index (χ2n) is 13.6. The quantitative estimate of drug-likeness (QED) is 0.0891. The van der Waals surface area contributed by atoms with Crippen molar-refractivity contribution in [3.63, 3.8) is 0 Å². The number of amides is 1. The number of aromatic nitrogens is 2. The molecule has 2 fully saturated rings. The molecule has 56 heavy (non-hydrogen) atoms. The lowest BCUT2D eigenvalue weighted by Gasteiger charge is -2.26. The van der Waals surface area contributed by atoms with Gasteiger partial charge in [0.15, 0.2) is 0 Å². The Balaban J connectivity index is 1.01. The van der Waals surface area contributed by atoms with E-state index >= 15 is 0 Å². The molecule has 2 aliphatic rings. The van der Waals surface area contributed by atoms with Gasteiger partial charge < -0.3 is 34.9 Å². The molecule has 0 saturated carbocycles. The number of carbonyl (C=O) groups is 1. The van der Waals surface area contributed by atoms with Gasteiger partial charge in [0.05, 0.1) is 54.3 Å². The fourth-order valence-corrected chi connectivity index (χ4v) is 7.36. The Morgan fingerprint density at radius 1 is 0.821 bits per heavy atom. The first kappa shape index (κ1) is 42.1. The van der Waals surface area contributed by atoms with E-state index in [2.05, 4.69) is 35.7 Å². The molecule has 4 heterocycles. The summed E-state index contributed by atoms with van der Waals surface area (Å²) in [5, 5.41) is 11.0. The van der Waals surface area contributed by atoms with Gasteiger partial charge in [0, 0.05) is 62.2 Å². The Labute approximate surface area is 344 Å². The maximum Gasteiger partial charge on any atom is 0.274 e. The standard InChI is InChI=1S/C41H50Cl3N7O5/c1-53-41-30(27-46-13-5-15-51-18-22-55-23-19-51)24-33(42)36(49-41)28-56-37-9-3-7-32(39(37)44)31-6-2-8-34(38(31)43)48-40(52)35-11-10-29(26-47-35)25-45-12-4-14-50-16-20-54-21-17-50/h2-3,6-11,24,26,45-46H,4-5,12-23,25,27-28H2,1H3,(H,48,52). The van der Waals surface area contributed by atoms with E-state index in [9.17, 15) is 4.79 Å². The first-order valence-electron chi connectivity index (χ1n) is 19.1. The molecule has 0 bridgehead atoms. The number of rotatable bonds is 19. The van der Waals surface area contributed by atoms with Crippen LogP contribution in [0.5, 0.6) is 11.6 Å². The summed E-state index contributed by atoms with van der Waals surface area (Å²) in [6, 6.07) is 16.3. The summed E-state index contributed by atoms with van der Waals surface area (Å²) in [7, 11) is 1.59. The molecule has 2 saturated heterocycles. The normalized spacial score (nSPS) is 15.1. The van der Waals surface area contributed by atoms with Gasteiger partial charge in [0.2, 0.25) is 5.88 Å². The minimum Gasteiger partial charge on any atom is -0.486 e. The van der Waals surface area contributed by atoms with Crippen LogP contribution in [0.4, 0.5) is 5.69 Å². The third kappa shape index (κ3) is 12.0. The van der Waals surface area contributed by atoms with Gasteiger partial charge in [-0.25, -0.2) is 4.98 Å². The van der Waals surface area contributed by atoms with Gasteiger partial charge in [-0.3, -0.25) is 19.6 Å². The molecule has 0 spiro atoms. The number of methoxy groups -OCH3 is 1. The van der Waals surface area contributed by atoms with Crippen molar-refractivity contribution in [2.75, 3.05) is 91.2 Å². The predicted octanol–water partition coefficient (Wildman–Crippen LogP) is 6.57. The number of halogens is 3. The van der Waals surface area contributed by atoms with Crippen LogP contribution >= 0.6 is 34.8 Å². The number of ether oxygens (including phenoxy) is 4. The number of hydrogen-bond acceptors (Lipinski definition) is 11. The molecule has 300 valence electrons. The summed E-state index contributed by atoms with van der Waals surface area (Å²) in [6.07, 6.45) is 3.80. The summed E-state index contributed by atoms with van der Waals surface area (Å²) in [5.41, 5.74) is 4.35. The van der Waals surface area contributed by atoms with Crippen molar-refractivity contribution in [3.05, 3.63) is 98.4 Å². The Kier molecular flexibility index (Phi) is 16.4. The molecule has 0 unspecified atom stereocenters. The number of pyridine rings is 2. The molecular formula is C41H50Cl3N7O5. The van der Waals surface area contributed by atoms with Crippen molar-refractivity contribution in [3.8, 4) is 22.8 Å². The highest BCUT2D eigenvalue weighted by Gasteiger charge is 2.19. The third-order valence-corrected chi connectivity index (χ3v) is 10.8. The highest BCUT2D eigenvalue weighted by Crippen LogP contribution is 2.41. The van der Waals surface area contributed by atoms with E-state index in [0.29, 0.717) is 62.3 Å². The topological polar surface area (TPSA) is 122 Å². The van der Waals surface area contributed by atoms with Gasteiger partial charge in [-0.05, 0) is 68.8 Å². The molecule has 0 aliphatic carbocycles. The lowest BCUT2D eigenvalue weighted by molar-refractivity contribution is 0.0374. The fraction of sp³-hybridized carbons (Fsp3) is 0.439. The fourth-order valence-electron chi connectivity index (χ4n) is 6.57. The van der Waals surface area contributed by atoms with E-state index in [1.165, 1.54) is 0 Å². The predicted molar refractivity (Wildman–Crippen MR) is 221 cm³/mol. The molecule has 12 nitrogen and oxygen atoms in total. The molecule has 0 radical (unpaired) electrons. The van der Waals surface area contributed by atoms with Crippen molar-refractivity contribution in [2.24, 2.45) is 0 Å². The van der Waals surface area contributed by atoms with Gasteiger partial charge in [-0.2, -0.15) is 0 Å². The Hall–Kier alpha value is -3.56. The molecule has 1 amide bonds. The smallest absolute Gasteiger partial charge is 0.274 e. The first-order chi connectivity index (χ1) is 27.4. The highest BCUT2D eigenvalue weighted by molar-refractivity contribution is 6.39. The van der Waals surface area contributed by atoms with Gasteiger partial charge in [-0.1, -0.05) is 65.1 Å². The maximum absolute atomic E-state index is 13.2. The van der Waals surface area contributed by atoms with Crippen LogP contribution in [0.3, 0.4) is 0 Å². The van der Waals surface area contributed by atoms with Gasteiger partial charge >= 0.3 is 0 Å². The second-order valence-corrected chi connectivity index (χ2v) is 14.8. The van der Waals surface area contributed by atoms with E-state index in [-0.39, 0.29) is 18.2 Å². The summed E-state index contributed by atoms with van der Waals surface area (Å²) in [4.78, 5) is 27.1. The summed E-state index contributed by atoms with van der Waals surface area (Å²) < 4.78 is 22.6.